The van der Waals surface area contributed by atoms with Gasteiger partial charge in [0.2, 0.25) is 0 Å². The molecule has 0 aliphatic carbocycles. The molecule has 0 unspecified atom stereocenters. The SMILES string of the molecule is CC[N+](CC)(CC)CCC(C)(C(=O)O)C(=O)O. The number of quaternary nitrogens is 1. The van der Waals surface area contributed by atoms with E-state index in [9.17, 15) is 9.59 Å². The van der Waals surface area contributed by atoms with Crippen molar-refractivity contribution in [3.63, 3.8) is 0 Å². The van der Waals surface area contributed by atoms with Gasteiger partial charge in [-0.05, 0) is 27.7 Å². The van der Waals surface area contributed by atoms with Crippen molar-refractivity contribution in [2.24, 2.45) is 5.41 Å². The Bertz CT molecular complexity index is 262. The largest absolute Gasteiger partial charge is 0.480 e. The predicted octanol–water partition coefficient (Wildman–Crippen LogP) is 1.43. The molecule has 5 heteroatoms. The molecule has 0 bridgehead atoms. The van der Waals surface area contributed by atoms with Crippen LogP contribution in [-0.2, 0) is 9.59 Å². The third-order valence-corrected chi connectivity index (χ3v) is 4.04. The first-order valence-electron chi connectivity index (χ1n) is 6.10. The number of carbonyl (C=O) groups is 2. The maximum Gasteiger partial charge on any atom is 0.320 e. The molecule has 0 saturated heterocycles. The molecule has 0 amide bonds. The van der Waals surface area contributed by atoms with Gasteiger partial charge in [-0.25, -0.2) is 0 Å². The molecule has 0 aliphatic rings. The molecule has 100 valence electrons. The zero-order valence-electron chi connectivity index (χ0n) is 11.2. The number of nitrogens with zero attached hydrogens (tertiary/aromatic N) is 1. The first kappa shape index (κ1) is 15.9. The first-order chi connectivity index (χ1) is 7.78. The molecule has 0 rings (SSSR count). The van der Waals surface area contributed by atoms with E-state index in [1.165, 1.54) is 6.92 Å². The van der Waals surface area contributed by atoms with Gasteiger partial charge >= 0.3 is 11.9 Å². The van der Waals surface area contributed by atoms with E-state index in [1.54, 1.807) is 0 Å². The molecule has 0 aromatic heterocycles. The van der Waals surface area contributed by atoms with Crippen LogP contribution in [0.1, 0.15) is 34.1 Å². The van der Waals surface area contributed by atoms with E-state index in [4.69, 9.17) is 10.2 Å². The van der Waals surface area contributed by atoms with Gasteiger partial charge < -0.3 is 14.7 Å². The molecule has 0 saturated carbocycles. The van der Waals surface area contributed by atoms with Crippen LogP contribution in [0.25, 0.3) is 0 Å². The van der Waals surface area contributed by atoms with Gasteiger partial charge in [-0.2, -0.15) is 0 Å². The van der Waals surface area contributed by atoms with Gasteiger partial charge in [0.25, 0.3) is 0 Å². The smallest absolute Gasteiger partial charge is 0.320 e. The fourth-order valence-electron chi connectivity index (χ4n) is 1.91. The number of hydrogen-bond acceptors (Lipinski definition) is 2. The summed E-state index contributed by atoms with van der Waals surface area (Å²) in [6, 6.07) is 0. The lowest BCUT2D eigenvalue weighted by Crippen LogP contribution is -2.51. The third kappa shape index (κ3) is 3.43. The van der Waals surface area contributed by atoms with Gasteiger partial charge in [0.15, 0.2) is 5.41 Å². The monoisotopic (exact) mass is 246 g/mol. The molecule has 0 radical (unpaired) electrons. The van der Waals surface area contributed by atoms with Crippen LogP contribution in [0.2, 0.25) is 0 Å². The van der Waals surface area contributed by atoms with Crippen LogP contribution in [0.4, 0.5) is 0 Å². The summed E-state index contributed by atoms with van der Waals surface area (Å²) in [5, 5.41) is 18.1. The van der Waals surface area contributed by atoms with Crippen LogP contribution in [0.3, 0.4) is 0 Å². The lowest BCUT2D eigenvalue weighted by atomic mass is 9.86. The maximum absolute atomic E-state index is 11.1. The topological polar surface area (TPSA) is 74.6 Å². The quantitative estimate of drug-likeness (QED) is 0.502. The molecule has 0 aromatic rings. The summed E-state index contributed by atoms with van der Waals surface area (Å²) in [7, 11) is 0. The van der Waals surface area contributed by atoms with E-state index in [1.807, 2.05) is 20.8 Å². The van der Waals surface area contributed by atoms with E-state index in [-0.39, 0.29) is 6.42 Å². The molecule has 0 spiro atoms. The van der Waals surface area contributed by atoms with Crippen LogP contribution in [0.15, 0.2) is 0 Å². The van der Waals surface area contributed by atoms with Crippen molar-refractivity contribution in [2.45, 2.75) is 34.1 Å². The number of rotatable bonds is 8. The Kier molecular flexibility index (Phi) is 5.61. The number of hydrogen-bond donors (Lipinski definition) is 2. The van der Waals surface area contributed by atoms with Gasteiger partial charge in [0.1, 0.15) is 0 Å². The summed E-state index contributed by atoms with van der Waals surface area (Å²) in [6.45, 7) is 10.7. The zero-order valence-corrected chi connectivity index (χ0v) is 11.2. The Balaban J connectivity index is 4.82. The Labute approximate surface area is 103 Å². The highest BCUT2D eigenvalue weighted by Crippen LogP contribution is 2.24. The van der Waals surface area contributed by atoms with Crippen LogP contribution in [0, 0.1) is 5.41 Å². The summed E-state index contributed by atoms with van der Waals surface area (Å²) >= 11 is 0. The maximum atomic E-state index is 11.1. The van der Waals surface area contributed by atoms with Gasteiger partial charge in [-0.15, -0.1) is 0 Å². The minimum atomic E-state index is -1.68. The third-order valence-electron chi connectivity index (χ3n) is 4.04. The highest BCUT2D eigenvalue weighted by molar-refractivity contribution is 5.97. The number of carboxylic acid groups (broad SMARTS) is 2. The average molecular weight is 246 g/mol. The summed E-state index contributed by atoms with van der Waals surface area (Å²) in [5.74, 6) is -2.52. The average Bonchev–Trinajstić information content (AvgIpc) is 2.30. The summed E-state index contributed by atoms with van der Waals surface area (Å²) in [4.78, 5) is 22.1. The summed E-state index contributed by atoms with van der Waals surface area (Å²) in [6.07, 6.45) is 0.160. The van der Waals surface area contributed by atoms with Crippen LogP contribution in [0.5, 0.6) is 0 Å². The van der Waals surface area contributed by atoms with Gasteiger partial charge in [0.05, 0.1) is 26.2 Å². The molecule has 5 nitrogen and oxygen atoms in total. The Hall–Kier alpha value is -1.10. The minimum Gasteiger partial charge on any atom is -0.480 e. The van der Waals surface area contributed by atoms with Crippen molar-refractivity contribution >= 4 is 11.9 Å². The fraction of sp³-hybridized carbons (Fsp3) is 0.833. The number of carboxylic acids is 2. The second-order valence-electron chi connectivity index (χ2n) is 4.71. The second kappa shape index (κ2) is 6.00. The molecule has 0 fully saturated rings. The standard InChI is InChI=1S/C12H23NO4/c1-5-13(6-2,7-3)9-8-12(4,10(14)15)11(16)17/h5-9H2,1-4H3,(H-,14,15,16,17)/p+1. The van der Waals surface area contributed by atoms with E-state index in [0.717, 1.165) is 24.1 Å². The van der Waals surface area contributed by atoms with Crippen LogP contribution in [-0.4, -0.2) is 52.8 Å². The zero-order chi connectivity index (χ0) is 13.7. The molecule has 0 heterocycles. The van der Waals surface area contributed by atoms with Gasteiger partial charge in [-0.1, -0.05) is 0 Å². The van der Waals surface area contributed by atoms with Crippen molar-refractivity contribution in [1.82, 2.24) is 0 Å². The van der Waals surface area contributed by atoms with E-state index in [0.29, 0.717) is 6.54 Å². The molecule has 0 atom stereocenters. The fourth-order valence-corrected chi connectivity index (χ4v) is 1.91. The lowest BCUT2D eigenvalue weighted by molar-refractivity contribution is -0.923. The molecule has 17 heavy (non-hydrogen) atoms. The molecular weight excluding hydrogens is 222 g/mol. The van der Waals surface area contributed by atoms with E-state index < -0.39 is 17.4 Å². The van der Waals surface area contributed by atoms with Crippen LogP contribution < -0.4 is 0 Å². The van der Waals surface area contributed by atoms with E-state index >= 15 is 0 Å². The molecule has 0 aliphatic heterocycles. The Morgan fingerprint density at radius 3 is 1.59 bits per heavy atom. The highest BCUT2D eigenvalue weighted by atomic mass is 16.4. The number of aliphatic carboxylic acids is 2. The molecule has 2 N–H and O–H groups in total. The Morgan fingerprint density at radius 2 is 1.35 bits per heavy atom. The lowest BCUT2D eigenvalue weighted by Gasteiger charge is -2.37. The van der Waals surface area contributed by atoms with Crippen molar-refractivity contribution < 1.29 is 24.3 Å². The normalized spacial score (nSPS) is 12.5. The van der Waals surface area contributed by atoms with Crippen molar-refractivity contribution in [3.8, 4) is 0 Å². The summed E-state index contributed by atoms with van der Waals surface area (Å²) < 4.78 is 0.760. The highest BCUT2D eigenvalue weighted by Gasteiger charge is 2.43. The van der Waals surface area contributed by atoms with Gasteiger partial charge in [-0.3, -0.25) is 9.59 Å². The van der Waals surface area contributed by atoms with Crippen molar-refractivity contribution in [1.29, 1.82) is 0 Å². The minimum absolute atomic E-state index is 0.160. The molecular formula is C12H24NO4+. The summed E-state index contributed by atoms with van der Waals surface area (Å²) in [5.41, 5.74) is -1.68. The molecule has 0 aromatic carbocycles. The predicted molar refractivity (Wildman–Crippen MR) is 64.7 cm³/mol. The van der Waals surface area contributed by atoms with Crippen LogP contribution >= 0.6 is 0 Å². The van der Waals surface area contributed by atoms with E-state index in [2.05, 4.69) is 0 Å². The van der Waals surface area contributed by atoms with Crippen molar-refractivity contribution in [3.05, 3.63) is 0 Å². The first-order valence-corrected chi connectivity index (χ1v) is 6.10. The Morgan fingerprint density at radius 1 is 1.00 bits per heavy atom. The van der Waals surface area contributed by atoms with Gasteiger partial charge in [0, 0.05) is 6.42 Å². The second-order valence-corrected chi connectivity index (χ2v) is 4.71. The van der Waals surface area contributed by atoms with Crippen molar-refractivity contribution in [2.75, 3.05) is 26.2 Å².